The molecule has 1 fully saturated rings. The minimum absolute atomic E-state index is 0.421. The summed E-state index contributed by atoms with van der Waals surface area (Å²) in [5, 5.41) is 3.41. The van der Waals surface area contributed by atoms with Crippen LogP contribution in [0.25, 0.3) is 0 Å². The van der Waals surface area contributed by atoms with Crippen LogP contribution in [0.3, 0.4) is 0 Å². The first-order chi connectivity index (χ1) is 10.7. The molecule has 6 heteroatoms. The van der Waals surface area contributed by atoms with Crippen LogP contribution in [-0.2, 0) is 9.47 Å². The van der Waals surface area contributed by atoms with Gasteiger partial charge in [-0.15, -0.1) is 0 Å². The van der Waals surface area contributed by atoms with Crippen molar-refractivity contribution in [2.24, 2.45) is 4.99 Å². The summed E-state index contributed by atoms with van der Waals surface area (Å²) in [6.07, 6.45) is 2.60. The van der Waals surface area contributed by atoms with Gasteiger partial charge in [0.05, 0.1) is 19.3 Å². The van der Waals surface area contributed by atoms with Crippen LogP contribution < -0.4 is 5.32 Å². The largest absolute Gasteiger partial charge is 0.383 e. The SMILES string of the molecule is CCNC(=NCCN(C)CCOC)N1CCC(OCC)CC1. The molecular weight excluding hydrogens is 280 g/mol. The van der Waals surface area contributed by atoms with Crippen molar-refractivity contribution in [1.82, 2.24) is 15.1 Å². The molecule has 1 rings (SSSR count). The van der Waals surface area contributed by atoms with Gasteiger partial charge in [0.1, 0.15) is 0 Å². The molecule has 0 saturated carbocycles. The van der Waals surface area contributed by atoms with Crippen LogP contribution in [0.5, 0.6) is 0 Å². The molecule has 22 heavy (non-hydrogen) atoms. The first kappa shape index (κ1) is 19.2. The first-order valence-corrected chi connectivity index (χ1v) is 8.53. The monoisotopic (exact) mass is 314 g/mol. The number of hydrogen-bond acceptors (Lipinski definition) is 4. The number of rotatable bonds is 9. The second-order valence-electron chi connectivity index (χ2n) is 5.67. The number of hydrogen-bond donors (Lipinski definition) is 1. The van der Waals surface area contributed by atoms with Crippen LogP contribution >= 0.6 is 0 Å². The van der Waals surface area contributed by atoms with Gasteiger partial charge in [0, 0.05) is 46.4 Å². The van der Waals surface area contributed by atoms with E-state index < -0.39 is 0 Å². The molecule has 0 aromatic carbocycles. The molecule has 1 heterocycles. The Bertz CT molecular complexity index is 305. The van der Waals surface area contributed by atoms with Gasteiger partial charge in [0.2, 0.25) is 0 Å². The summed E-state index contributed by atoms with van der Waals surface area (Å²) in [5.74, 6) is 1.04. The van der Waals surface area contributed by atoms with Gasteiger partial charge in [-0.3, -0.25) is 4.99 Å². The Hall–Kier alpha value is -0.850. The third kappa shape index (κ3) is 7.42. The topological polar surface area (TPSA) is 49.3 Å². The van der Waals surface area contributed by atoms with Gasteiger partial charge < -0.3 is 24.6 Å². The maximum Gasteiger partial charge on any atom is 0.193 e. The number of piperidine rings is 1. The quantitative estimate of drug-likeness (QED) is 0.509. The summed E-state index contributed by atoms with van der Waals surface area (Å²) in [5.41, 5.74) is 0. The van der Waals surface area contributed by atoms with Crippen molar-refractivity contribution in [3.8, 4) is 0 Å². The van der Waals surface area contributed by atoms with E-state index in [9.17, 15) is 0 Å². The minimum atomic E-state index is 0.421. The lowest BCUT2D eigenvalue weighted by molar-refractivity contribution is 0.0263. The van der Waals surface area contributed by atoms with Crippen LogP contribution in [0.15, 0.2) is 4.99 Å². The average molecular weight is 314 g/mol. The molecule has 0 radical (unpaired) electrons. The standard InChI is InChI=1S/C16H34N4O2/c1-5-17-16(18-9-12-19(3)13-14-21-4)20-10-7-15(8-11-20)22-6-2/h15H,5-14H2,1-4H3,(H,17,18). The molecule has 1 saturated heterocycles. The van der Waals surface area contributed by atoms with Gasteiger partial charge in [-0.1, -0.05) is 0 Å². The molecule has 0 aromatic rings. The Morgan fingerprint density at radius 2 is 2.00 bits per heavy atom. The molecular formula is C16H34N4O2. The van der Waals surface area contributed by atoms with Crippen molar-refractivity contribution >= 4 is 5.96 Å². The van der Waals surface area contributed by atoms with Crippen molar-refractivity contribution in [2.45, 2.75) is 32.8 Å². The number of guanidine groups is 1. The van der Waals surface area contributed by atoms with Gasteiger partial charge >= 0.3 is 0 Å². The van der Waals surface area contributed by atoms with Crippen molar-refractivity contribution in [3.05, 3.63) is 0 Å². The smallest absolute Gasteiger partial charge is 0.193 e. The van der Waals surface area contributed by atoms with E-state index in [-0.39, 0.29) is 0 Å². The number of nitrogens with zero attached hydrogens (tertiary/aromatic N) is 3. The maximum atomic E-state index is 5.72. The molecule has 0 aliphatic carbocycles. The third-order valence-corrected chi connectivity index (χ3v) is 3.90. The summed E-state index contributed by atoms with van der Waals surface area (Å²) >= 11 is 0. The Balaban J connectivity index is 2.39. The highest BCUT2D eigenvalue weighted by Gasteiger charge is 2.21. The van der Waals surface area contributed by atoms with Crippen LogP contribution in [0.4, 0.5) is 0 Å². The lowest BCUT2D eigenvalue weighted by Crippen LogP contribution is -2.47. The molecule has 1 aliphatic heterocycles. The zero-order chi connectivity index (χ0) is 16.2. The number of likely N-dealkylation sites (N-methyl/N-ethyl adjacent to an activating group) is 1. The Morgan fingerprint density at radius 1 is 1.27 bits per heavy atom. The second kappa shape index (κ2) is 11.7. The highest BCUT2D eigenvalue weighted by molar-refractivity contribution is 5.80. The fourth-order valence-corrected chi connectivity index (χ4v) is 2.58. The van der Waals surface area contributed by atoms with E-state index in [0.717, 1.165) is 71.3 Å². The summed E-state index contributed by atoms with van der Waals surface area (Å²) in [6.45, 7) is 11.4. The second-order valence-corrected chi connectivity index (χ2v) is 5.67. The predicted molar refractivity (Wildman–Crippen MR) is 91.6 cm³/mol. The highest BCUT2D eigenvalue weighted by Crippen LogP contribution is 2.13. The van der Waals surface area contributed by atoms with Gasteiger partial charge in [-0.2, -0.15) is 0 Å². The molecule has 0 unspecified atom stereocenters. The van der Waals surface area contributed by atoms with Gasteiger partial charge in [-0.05, 0) is 33.7 Å². The average Bonchev–Trinajstić information content (AvgIpc) is 2.53. The number of ether oxygens (including phenoxy) is 2. The van der Waals surface area contributed by atoms with E-state index in [2.05, 4.69) is 36.0 Å². The number of nitrogens with one attached hydrogen (secondary N) is 1. The van der Waals surface area contributed by atoms with Crippen LogP contribution in [0.1, 0.15) is 26.7 Å². The molecule has 1 aliphatic rings. The van der Waals surface area contributed by atoms with Gasteiger partial charge in [0.25, 0.3) is 0 Å². The predicted octanol–water partition coefficient (Wildman–Crippen LogP) is 1.03. The third-order valence-electron chi connectivity index (χ3n) is 3.90. The van der Waals surface area contributed by atoms with Crippen LogP contribution in [0, 0.1) is 0 Å². The van der Waals surface area contributed by atoms with Crippen molar-refractivity contribution in [2.75, 3.05) is 66.6 Å². The summed E-state index contributed by atoms with van der Waals surface area (Å²) in [6, 6.07) is 0. The van der Waals surface area contributed by atoms with E-state index in [1.807, 2.05) is 0 Å². The number of aliphatic imine (C=N–C) groups is 1. The van der Waals surface area contributed by atoms with Crippen molar-refractivity contribution in [3.63, 3.8) is 0 Å². The fraction of sp³-hybridized carbons (Fsp3) is 0.938. The van der Waals surface area contributed by atoms with E-state index >= 15 is 0 Å². The molecule has 0 aromatic heterocycles. The summed E-state index contributed by atoms with van der Waals surface area (Å²) in [7, 11) is 3.84. The number of methoxy groups -OCH3 is 1. The number of likely N-dealkylation sites (tertiary alicyclic amines) is 1. The highest BCUT2D eigenvalue weighted by atomic mass is 16.5. The van der Waals surface area contributed by atoms with Crippen LogP contribution in [-0.4, -0.2) is 88.5 Å². The maximum absolute atomic E-state index is 5.72. The van der Waals surface area contributed by atoms with Gasteiger partial charge in [0.15, 0.2) is 5.96 Å². The Kier molecular flexibility index (Phi) is 10.2. The summed E-state index contributed by atoms with van der Waals surface area (Å²) < 4.78 is 10.8. The van der Waals surface area contributed by atoms with Crippen molar-refractivity contribution in [1.29, 1.82) is 0 Å². The zero-order valence-electron chi connectivity index (χ0n) is 14.8. The Morgan fingerprint density at radius 3 is 2.59 bits per heavy atom. The molecule has 0 amide bonds. The molecule has 0 bridgehead atoms. The van der Waals surface area contributed by atoms with E-state index in [1.165, 1.54) is 0 Å². The Labute approximate surface area is 135 Å². The molecule has 0 atom stereocenters. The molecule has 6 nitrogen and oxygen atoms in total. The fourth-order valence-electron chi connectivity index (χ4n) is 2.58. The lowest BCUT2D eigenvalue weighted by atomic mass is 10.1. The van der Waals surface area contributed by atoms with Crippen LogP contribution in [0.2, 0.25) is 0 Å². The van der Waals surface area contributed by atoms with Crippen molar-refractivity contribution < 1.29 is 9.47 Å². The first-order valence-electron chi connectivity index (χ1n) is 8.53. The van der Waals surface area contributed by atoms with E-state index in [1.54, 1.807) is 7.11 Å². The summed E-state index contributed by atoms with van der Waals surface area (Å²) in [4.78, 5) is 9.37. The van der Waals surface area contributed by atoms with E-state index in [0.29, 0.717) is 6.10 Å². The van der Waals surface area contributed by atoms with Gasteiger partial charge in [-0.25, -0.2) is 0 Å². The zero-order valence-corrected chi connectivity index (χ0v) is 14.8. The molecule has 1 N–H and O–H groups in total. The normalized spacial score (nSPS) is 17.3. The molecule has 130 valence electrons. The lowest BCUT2D eigenvalue weighted by Gasteiger charge is -2.34. The minimum Gasteiger partial charge on any atom is -0.383 e. The van der Waals surface area contributed by atoms with E-state index in [4.69, 9.17) is 14.5 Å². The molecule has 0 spiro atoms.